The van der Waals surface area contributed by atoms with Crippen LogP contribution < -0.4 is 0 Å². The van der Waals surface area contributed by atoms with Crippen LogP contribution in [0, 0.1) is 0 Å². The van der Waals surface area contributed by atoms with Crippen molar-refractivity contribution in [1.82, 2.24) is 9.80 Å². The third-order valence-electron chi connectivity index (χ3n) is 3.08. The van der Waals surface area contributed by atoms with E-state index in [1.807, 2.05) is 0 Å². The highest BCUT2D eigenvalue weighted by atomic mass is 16.5. The lowest BCUT2D eigenvalue weighted by atomic mass is 10.1. The van der Waals surface area contributed by atoms with Crippen molar-refractivity contribution < 1.29 is 4.74 Å². The van der Waals surface area contributed by atoms with Crippen LogP contribution in [-0.4, -0.2) is 62.3 Å². The van der Waals surface area contributed by atoms with Crippen molar-refractivity contribution in [2.24, 2.45) is 0 Å². The molecule has 0 saturated carbocycles. The Hall–Kier alpha value is -0.120. The van der Waals surface area contributed by atoms with E-state index in [1.54, 1.807) is 0 Å². The van der Waals surface area contributed by atoms with Gasteiger partial charge in [-0.05, 0) is 26.9 Å². The maximum Gasteiger partial charge on any atom is 0.0832 e. The molecule has 0 aromatic rings. The van der Waals surface area contributed by atoms with E-state index >= 15 is 0 Å². The lowest BCUT2D eigenvalue weighted by molar-refractivity contribution is -0.0985. The minimum atomic E-state index is 0.526. The summed E-state index contributed by atoms with van der Waals surface area (Å²) in [5.41, 5.74) is 0. The molecule has 2 fully saturated rings. The van der Waals surface area contributed by atoms with Crippen LogP contribution >= 0.6 is 0 Å². The molecule has 0 aromatic heterocycles. The van der Waals surface area contributed by atoms with Crippen molar-refractivity contribution in [2.75, 3.05) is 40.3 Å². The molecule has 2 aliphatic rings. The van der Waals surface area contributed by atoms with E-state index in [2.05, 4.69) is 23.9 Å². The standard InChI is InChI=1S/C10H20N2O/c1-11-5-3-9(4-6-11)13-10-7-12(2)8-10/h9-10H,3-8H2,1-2H3. The molecule has 0 N–H and O–H groups in total. The monoisotopic (exact) mass is 184 g/mol. The number of likely N-dealkylation sites (N-methyl/N-ethyl adjacent to an activating group) is 1. The summed E-state index contributed by atoms with van der Waals surface area (Å²) >= 11 is 0. The van der Waals surface area contributed by atoms with E-state index in [1.165, 1.54) is 25.9 Å². The summed E-state index contributed by atoms with van der Waals surface area (Å²) in [6, 6.07) is 0. The van der Waals surface area contributed by atoms with Crippen molar-refractivity contribution in [3.63, 3.8) is 0 Å². The van der Waals surface area contributed by atoms with Gasteiger partial charge in [0.05, 0.1) is 12.2 Å². The van der Waals surface area contributed by atoms with Crippen molar-refractivity contribution in [3.8, 4) is 0 Å². The highest BCUT2D eigenvalue weighted by Crippen LogP contribution is 2.18. The van der Waals surface area contributed by atoms with Gasteiger partial charge in [-0.1, -0.05) is 0 Å². The smallest absolute Gasteiger partial charge is 0.0832 e. The first-order valence-electron chi connectivity index (χ1n) is 5.26. The molecule has 0 radical (unpaired) electrons. The fourth-order valence-electron chi connectivity index (χ4n) is 2.12. The van der Waals surface area contributed by atoms with Crippen LogP contribution in [-0.2, 0) is 4.74 Å². The third kappa shape index (κ3) is 2.42. The lowest BCUT2D eigenvalue weighted by Crippen LogP contribution is -2.52. The van der Waals surface area contributed by atoms with Gasteiger partial charge in [0.25, 0.3) is 0 Å². The van der Waals surface area contributed by atoms with Crippen molar-refractivity contribution in [1.29, 1.82) is 0 Å². The maximum atomic E-state index is 5.98. The first-order valence-corrected chi connectivity index (χ1v) is 5.26. The molecular weight excluding hydrogens is 164 g/mol. The zero-order valence-electron chi connectivity index (χ0n) is 8.70. The average Bonchev–Trinajstić information content (AvgIpc) is 2.06. The Morgan fingerprint density at radius 3 is 2.08 bits per heavy atom. The van der Waals surface area contributed by atoms with Gasteiger partial charge in [-0.25, -0.2) is 0 Å². The first-order chi connectivity index (χ1) is 6.24. The molecule has 2 rings (SSSR count). The summed E-state index contributed by atoms with van der Waals surface area (Å²) in [7, 11) is 4.34. The van der Waals surface area contributed by atoms with Crippen molar-refractivity contribution in [3.05, 3.63) is 0 Å². The van der Waals surface area contributed by atoms with E-state index in [-0.39, 0.29) is 0 Å². The Morgan fingerprint density at radius 1 is 0.923 bits per heavy atom. The molecule has 0 spiro atoms. The Balaban J connectivity index is 1.65. The Bertz CT molecular complexity index is 160. The molecule has 0 amide bonds. The van der Waals surface area contributed by atoms with Crippen LogP contribution in [0.3, 0.4) is 0 Å². The van der Waals surface area contributed by atoms with E-state index in [0.29, 0.717) is 12.2 Å². The fraction of sp³-hybridized carbons (Fsp3) is 1.00. The summed E-state index contributed by atoms with van der Waals surface area (Å²) in [6.07, 6.45) is 3.50. The molecule has 0 aromatic carbocycles. The number of rotatable bonds is 2. The number of hydrogen-bond acceptors (Lipinski definition) is 3. The van der Waals surface area contributed by atoms with Crippen LogP contribution in [0.15, 0.2) is 0 Å². The highest BCUT2D eigenvalue weighted by Gasteiger charge is 2.28. The largest absolute Gasteiger partial charge is 0.372 e. The van der Waals surface area contributed by atoms with Crippen molar-refractivity contribution in [2.45, 2.75) is 25.0 Å². The van der Waals surface area contributed by atoms with Crippen molar-refractivity contribution >= 4 is 0 Å². The number of hydrogen-bond donors (Lipinski definition) is 0. The minimum absolute atomic E-state index is 0.526. The van der Waals surface area contributed by atoms with E-state index in [4.69, 9.17) is 4.74 Å². The van der Waals surface area contributed by atoms with Gasteiger partial charge in [-0.3, -0.25) is 0 Å². The Morgan fingerprint density at radius 2 is 1.54 bits per heavy atom. The molecule has 0 bridgehead atoms. The minimum Gasteiger partial charge on any atom is -0.372 e. The van der Waals surface area contributed by atoms with Gasteiger partial charge < -0.3 is 14.5 Å². The highest BCUT2D eigenvalue weighted by molar-refractivity contribution is 4.80. The van der Waals surface area contributed by atoms with Crippen LogP contribution in [0.25, 0.3) is 0 Å². The summed E-state index contributed by atoms with van der Waals surface area (Å²) in [5, 5.41) is 0. The van der Waals surface area contributed by atoms with Gasteiger partial charge in [0, 0.05) is 26.2 Å². The average molecular weight is 184 g/mol. The summed E-state index contributed by atoms with van der Waals surface area (Å²) in [4.78, 5) is 4.69. The maximum absolute atomic E-state index is 5.98. The van der Waals surface area contributed by atoms with Gasteiger partial charge in [-0.15, -0.1) is 0 Å². The van der Waals surface area contributed by atoms with Gasteiger partial charge in [0.15, 0.2) is 0 Å². The molecule has 0 atom stereocenters. The second kappa shape index (κ2) is 3.95. The fourth-order valence-corrected chi connectivity index (χ4v) is 2.12. The van der Waals surface area contributed by atoms with E-state index < -0.39 is 0 Å². The quantitative estimate of drug-likeness (QED) is 0.618. The molecule has 3 heteroatoms. The third-order valence-corrected chi connectivity index (χ3v) is 3.08. The zero-order valence-corrected chi connectivity index (χ0v) is 8.70. The Kier molecular flexibility index (Phi) is 2.86. The molecule has 2 heterocycles. The van der Waals surface area contributed by atoms with Crippen LogP contribution in [0.4, 0.5) is 0 Å². The zero-order chi connectivity index (χ0) is 9.26. The molecule has 0 aliphatic carbocycles. The van der Waals surface area contributed by atoms with E-state index in [9.17, 15) is 0 Å². The van der Waals surface area contributed by atoms with Crippen LogP contribution in [0.5, 0.6) is 0 Å². The number of nitrogens with zero attached hydrogens (tertiary/aromatic N) is 2. The molecule has 2 saturated heterocycles. The summed E-state index contributed by atoms with van der Waals surface area (Å²) < 4.78 is 5.98. The SMILES string of the molecule is CN1CCC(OC2CN(C)C2)CC1. The lowest BCUT2D eigenvalue weighted by Gasteiger charge is -2.40. The summed E-state index contributed by atoms with van der Waals surface area (Å²) in [5.74, 6) is 0. The van der Waals surface area contributed by atoms with Crippen LogP contribution in [0.1, 0.15) is 12.8 Å². The van der Waals surface area contributed by atoms with Gasteiger partial charge >= 0.3 is 0 Å². The van der Waals surface area contributed by atoms with Crippen LogP contribution in [0.2, 0.25) is 0 Å². The number of piperidine rings is 1. The molecule has 0 unspecified atom stereocenters. The molecule has 3 nitrogen and oxygen atoms in total. The topological polar surface area (TPSA) is 15.7 Å². The summed E-state index contributed by atoms with van der Waals surface area (Å²) in [6.45, 7) is 4.67. The van der Waals surface area contributed by atoms with Gasteiger partial charge in [-0.2, -0.15) is 0 Å². The molecular formula is C10H20N2O. The molecule has 2 aliphatic heterocycles. The second-order valence-corrected chi connectivity index (χ2v) is 4.48. The Labute approximate surface area is 80.6 Å². The van der Waals surface area contributed by atoms with Gasteiger partial charge in [0.1, 0.15) is 0 Å². The number of ether oxygens (including phenoxy) is 1. The second-order valence-electron chi connectivity index (χ2n) is 4.48. The normalized spacial score (nSPS) is 29.1. The molecule has 76 valence electrons. The predicted molar refractivity (Wildman–Crippen MR) is 52.9 cm³/mol. The molecule has 13 heavy (non-hydrogen) atoms. The van der Waals surface area contributed by atoms with Gasteiger partial charge in [0.2, 0.25) is 0 Å². The van der Waals surface area contributed by atoms with E-state index in [0.717, 1.165) is 13.1 Å². The number of likely N-dealkylation sites (tertiary alicyclic amines) is 2. The first kappa shape index (κ1) is 9.44. The predicted octanol–water partition coefficient (Wildman–Crippen LogP) is 0.411.